The Hall–Kier alpha value is -1.59. The molecule has 22 nitrogen and oxygen atoms in total. The first kappa shape index (κ1) is 57.1. The molecule has 4 saturated heterocycles. The maximum Gasteiger partial charge on any atom is 0.310 e. The highest BCUT2D eigenvalue weighted by Gasteiger charge is 2.70. The van der Waals surface area contributed by atoms with Crippen LogP contribution in [0.2, 0.25) is 0 Å². The maximum absolute atomic E-state index is 13.2. The Balaban J connectivity index is 0.882. The summed E-state index contributed by atoms with van der Waals surface area (Å²) in [6, 6.07) is 0. The Kier molecular flexibility index (Phi) is 16.1. The van der Waals surface area contributed by atoms with Crippen LogP contribution in [0.15, 0.2) is 11.6 Å². The molecule has 424 valence electrons. The molecule has 0 aromatic heterocycles. The molecule has 0 spiro atoms. The van der Waals surface area contributed by atoms with Gasteiger partial charge in [-0.05, 0) is 104 Å². The van der Waals surface area contributed by atoms with Crippen molar-refractivity contribution in [2.75, 3.05) is 33.0 Å². The molecule has 27 atom stereocenters. The molecule has 0 aromatic carbocycles. The standard InChI is InChI=1S/C52H84O22/c1-47(2)13-15-52(46(65)66)16-14-50(5)23(24(52)17-47)7-8-30-48(3)11-10-31(57)49(4,29(48)9-12-51(30,50)6)22-69-43-37(63)35(61)39(28(19-54)71-43)72-44-38(64)40(34(60)27(18-53)70-44)73-45-41(33(59)26(56)21-68-45)74-42-36(62)32(58)25(55)20-67-42/h7,24-45,53-64H,8-22H2,1-6H3,(H,65,66). The summed E-state index contributed by atoms with van der Waals surface area (Å²) in [5.74, 6) is -0.537. The second kappa shape index (κ2) is 20.8. The van der Waals surface area contributed by atoms with Gasteiger partial charge in [0.2, 0.25) is 0 Å². The van der Waals surface area contributed by atoms with E-state index in [1.807, 2.05) is 6.92 Å². The van der Waals surface area contributed by atoms with E-state index in [0.29, 0.717) is 19.3 Å². The lowest BCUT2D eigenvalue weighted by atomic mass is 9.33. The van der Waals surface area contributed by atoms with Gasteiger partial charge in [0.15, 0.2) is 25.2 Å². The number of rotatable bonds is 12. The molecule has 4 saturated carbocycles. The van der Waals surface area contributed by atoms with Crippen LogP contribution in [0.3, 0.4) is 0 Å². The van der Waals surface area contributed by atoms with Gasteiger partial charge in [0.1, 0.15) is 85.5 Å². The molecular weight excluding hydrogens is 977 g/mol. The van der Waals surface area contributed by atoms with Gasteiger partial charge in [-0.25, -0.2) is 0 Å². The lowest BCUT2D eigenvalue weighted by Gasteiger charge is -2.71. The first-order valence-electron chi connectivity index (χ1n) is 26.8. The Morgan fingerprint density at radius 1 is 0.608 bits per heavy atom. The molecule has 5 aliphatic carbocycles. The fourth-order valence-corrected chi connectivity index (χ4v) is 16.0. The third-order valence-corrected chi connectivity index (χ3v) is 20.8. The van der Waals surface area contributed by atoms with Crippen LogP contribution < -0.4 is 0 Å². The summed E-state index contributed by atoms with van der Waals surface area (Å²) in [7, 11) is 0. The monoisotopic (exact) mass is 1060 g/mol. The molecule has 8 fully saturated rings. The predicted molar refractivity (Wildman–Crippen MR) is 253 cm³/mol. The van der Waals surface area contributed by atoms with Crippen LogP contribution in [0.25, 0.3) is 0 Å². The van der Waals surface area contributed by atoms with Gasteiger partial charge in [-0.3, -0.25) is 4.79 Å². The van der Waals surface area contributed by atoms with Gasteiger partial charge < -0.3 is 104 Å². The molecule has 0 bridgehead atoms. The summed E-state index contributed by atoms with van der Waals surface area (Å²) in [5.41, 5.74) is -0.876. The highest BCUT2D eigenvalue weighted by atomic mass is 16.8. The molecule has 9 aliphatic rings. The average molecular weight is 1060 g/mol. The first-order chi connectivity index (χ1) is 34.7. The summed E-state index contributed by atoms with van der Waals surface area (Å²) < 4.78 is 46.7. The second-order valence-electron chi connectivity index (χ2n) is 25.3. The Morgan fingerprint density at radius 2 is 1.22 bits per heavy atom. The van der Waals surface area contributed by atoms with Crippen molar-refractivity contribution in [1.29, 1.82) is 0 Å². The number of fused-ring (bicyclic) bond motifs is 7. The van der Waals surface area contributed by atoms with Crippen molar-refractivity contribution >= 4 is 5.97 Å². The molecule has 0 radical (unpaired) electrons. The van der Waals surface area contributed by atoms with Crippen molar-refractivity contribution < 1.29 is 109 Å². The number of carboxylic acid groups (broad SMARTS) is 1. The number of hydrogen-bond donors (Lipinski definition) is 13. The molecule has 27 unspecified atom stereocenters. The van der Waals surface area contributed by atoms with Crippen molar-refractivity contribution in [1.82, 2.24) is 0 Å². The lowest BCUT2D eigenvalue weighted by Crippen LogP contribution is -2.67. The smallest absolute Gasteiger partial charge is 0.310 e. The minimum Gasteiger partial charge on any atom is -0.481 e. The van der Waals surface area contributed by atoms with E-state index in [-0.39, 0.29) is 46.0 Å². The number of allylic oxidation sites excluding steroid dienone is 2. The Bertz CT molecular complexity index is 2030. The third kappa shape index (κ3) is 9.26. The first-order valence-corrected chi connectivity index (χ1v) is 26.8. The van der Waals surface area contributed by atoms with Gasteiger partial charge >= 0.3 is 5.97 Å². The maximum atomic E-state index is 13.2. The normalized spacial score (nSPS) is 54.4. The average Bonchev–Trinajstić information content (AvgIpc) is 3.35. The van der Waals surface area contributed by atoms with E-state index in [2.05, 4.69) is 40.7 Å². The quantitative estimate of drug-likeness (QED) is 0.102. The highest BCUT2D eigenvalue weighted by Crippen LogP contribution is 2.76. The zero-order valence-corrected chi connectivity index (χ0v) is 43.4. The summed E-state index contributed by atoms with van der Waals surface area (Å²) in [4.78, 5) is 13.2. The highest BCUT2D eigenvalue weighted by molar-refractivity contribution is 5.76. The van der Waals surface area contributed by atoms with Gasteiger partial charge in [-0.15, -0.1) is 0 Å². The fraction of sp³-hybridized carbons (Fsp3) is 0.942. The number of hydrogen-bond acceptors (Lipinski definition) is 21. The molecule has 4 heterocycles. The molecular formula is C52H84O22. The van der Waals surface area contributed by atoms with E-state index >= 15 is 0 Å². The Labute approximate surface area is 431 Å². The van der Waals surface area contributed by atoms with Gasteiger partial charge in [0.05, 0.1) is 44.6 Å². The summed E-state index contributed by atoms with van der Waals surface area (Å²) in [6.45, 7) is 10.9. The zero-order chi connectivity index (χ0) is 53.8. The summed E-state index contributed by atoms with van der Waals surface area (Å²) in [6.07, 6.45) is -21.5. The van der Waals surface area contributed by atoms with Crippen LogP contribution in [0.1, 0.15) is 106 Å². The second-order valence-corrected chi connectivity index (χ2v) is 25.3. The van der Waals surface area contributed by atoms with Crippen molar-refractivity contribution in [3.63, 3.8) is 0 Å². The van der Waals surface area contributed by atoms with Gasteiger partial charge in [0, 0.05) is 5.41 Å². The van der Waals surface area contributed by atoms with E-state index in [1.165, 1.54) is 5.57 Å². The van der Waals surface area contributed by atoms with Crippen LogP contribution in [-0.2, 0) is 42.7 Å². The summed E-state index contributed by atoms with van der Waals surface area (Å²) >= 11 is 0. The van der Waals surface area contributed by atoms with E-state index < -0.39 is 160 Å². The van der Waals surface area contributed by atoms with Crippen LogP contribution >= 0.6 is 0 Å². The molecule has 9 rings (SSSR count). The summed E-state index contributed by atoms with van der Waals surface area (Å²) in [5, 5.41) is 142. The topological polar surface area (TPSA) is 354 Å². The SMILES string of the molecule is CC1(C)CCC2(C(=O)O)CCC3(C)C(=CCC4C5(C)CCC(O)C(C)(COC6OC(CO)C(OC7OC(CO)C(O)C(OC8OCC(O)C(O)C8OC8OCC(O)C(O)C8O)C7O)C(O)C6O)C5CCC43C)C2C1. The number of carbonyl (C=O) groups is 1. The number of aliphatic hydroxyl groups is 12. The molecule has 13 N–H and O–H groups in total. The van der Waals surface area contributed by atoms with E-state index in [4.69, 9.17) is 37.9 Å². The predicted octanol–water partition coefficient (Wildman–Crippen LogP) is -1.22. The largest absolute Gasteiger partial charge is 0.481 e. The van der Waals surface area contributed by atoms with Crippen molar-refractivity contribution in [3.8, 4) is 0 Å². The fourth-order valence-electron chi connectivity index (χ4n) is 16.0. The number of aliphatic hydroxyl groups excluding tert-OH is 12. The van der Waals surface area contributed by atoms with Gasteiger partial charge in [-0.1, -0.05) is 53.2 Å². The van der Waals surface area contributed by atoms with Crippen molar-refractivity contribution in [3.05, 3.63) is 11.6 Å². The molecule has 74 heavy (non-hydrogen) atoms. The van der Waals surface area contributed by atoms with Gasteiger partial charge in [0.25, 0.3) is 0 Å². The van der Waals surface area contributed by atoms with Crippen molar-refractivity contribution in [2.24, 2.45) is 50.2 Å². The Morgan fingerprint density at radius 3 is 1.89 bits per heavy atom. The van der Waals surface area contributed by atoms with E-state index in [9.17, 15) is 71.2 Å². The molecule has 4 aliphatic heterocycles. The third-order valence-electron chi connectivity index (χ3n) is 20.8. The van der Waals surface area contributed by atoms with Crippen LogP contribution in [0.4, 0.5) is 0 Å². The van der Waals surface area contributed by atoms with Crippen LogP contribution in [0.5, 0.6) is 0 Å². The lowest BCUT2D eigenvalue weighted by molar-refractivity contribution is -0.386. The van der Waals surface area contributed by atoms with Crippen LogP contribution in [0, 0.1) is 50.2 Å². The number of carboxylic acids is 1. The molecule has 0 aromatic rings. The molecule has 0 amide bonds. The molecule has 22 heteroatoms. The number of ether oxygens (including phenoxy) is 8. The van der Waals surface area contributed by atoms with Crippen LogP contribution in [-0.4, -0.2) is 222 Å². The minimum absolute atomic E-state index is 0.0308. The zero-order valence-electron chi connectivity index (χ0n) is 43.4. The number of aliphatic carboxylic acids is 1. The van der Waals surface area contributed by atoms with Gasteiger partial charge in [-0.2, -0.15) is 0 Å². The van der Waals surface area contributed by atoms with E-state index in [1.54, 1.807) is 0 Å². The van der Waals surface area contributed by atoms with Crippen molar-refractivity contribution in [2.45, 2.75) is 222 Å². The van der Waals surface area contributed by atoms with E-state index in [0.717, 1.165) is 44.9 Å². The minimum atomic E-state index is -1.99.